The minimum absolute atomic E-state index is 0.0462. The zero-order valence-corrected chi connectivity index (χ0v) is 18.6. The molecule has 1 saturated heterocycles. The molecular weight excluding hydrogens is 420 g/mol. The van der Waals surface area contributed by atoms with E-state index in [4.69, 9.17) is 9.97 Å². The molecule has 0 bridgehead atoms. The van der Waals surface area contributed by atoms with E-state index < -0.39 is 6.09 Å². The van der Waals surface area contributed by atoms with E-state index in [-0.39, 0.29) is 18.1 Å². The highest BCUT2D eigenvalue weighted by Crippen LogP contribution is 2.32. The first kappa shape index (κ1) is 21.0. The number of fused-ring (bicyclic) bond motifs is 1. The Labute approximate surface area is 175 Å². The molecule has 1 amide bonds. The van der Waals surface area contributed by atoms with E-state index in [1.807, 2.05) is 32.0 Å². The summed E-state index contributed by atoms with van der Waals surface area (Å²) in [5, 5.41) is 9.53. The molecular formula is C21H29BrN4O2. The number of carbonyl (C=O) groups is 1. The smallest absolute Gasteiger partial charge is 0.407 e. The Hall–Kier alpha value is -1.73. The number of piperazine rings is 1. The molecule has 7 heteroatoms. The van der Waals surface area contributed by atoms with E-state index in [2.05, 4.69) is 34.7 Å². The lowest BCUT2D eigenvalue weighted by molar-refractivity contribution is 0.0187. The summed E-state index contributed by atoms with van der Waals surface area (Å²) in [5.41, 5.74) is 3.89. The summed E-state index contributed by atoms with van der Waals surface area (Å²) in [7, 11) is 0. The zero-order valence-electron chi connectivity index (χ0n) is 17.0. The van der Waals surface area contributed by atoms with Gasteiger partial charge in [-0.2, -0.15) is 0 Å². The van der Waals surface area contributed by atoms with Gasteiger partial charge in [0, 0.05) is 29.6 Å². The second-order valence-corrected chi connectivity index (χ2v) is 8.60. The fourth-order valence-electron chi connectivity index (χ4n) is 4.37. The van der Waals surface area contributed by atoms with Crippen molar-refractivity contribution < 1.29 is 9.90 Å². The minimum Gasteiger partial charge on any atom is -0.465 e. The summed E-state index contributed by atoms with van der Waals surface area (Å²) in [6, 6.07) is 6.07. The Bertz CT molecular complexity index is 848. The van der Waals surface area contributed by atoms with Crippen LogP contribution in [0.2, 0.25) is 0 Å². The van der Waals surface area contributed by atoms with E-state index in [0.717, 1.165) is 46.2 Å². The van der Waals surface area contributed by atoms with Crippen LogP contribution in [0, 0.1) is 0 Å². The van der Waals surface area contributed by atoms with E-state index in [1.165, 1.54) is 0 Å². The number of hydrogen-bond acceptors (Lipinski definition) is 4. The van der Waals surface area contributed by atoms with Crippen LogP contribution in [-0.2, 0) is 6.42 Å². The van der Waals surface area contributed by atoms with Gasteiger partial charge >= 0.3 is 6.09 Å². The molecule has 0 radical (unpaired) electrons. The molecule has 2 aromatic rings. The molecule has 152 valence electrons. The molecule has 0 aliphatic carbocycles. The third kappa shape index (κ3) is 4.15. The molecule has 1 aliphatic rings. The van der Waals surface area contributed by atoms with Gasteiger partial charge in [-0.1, -0.05) is 36.2 Å². The van der Waals surface area contributed by atoms with Gasteiger partial charge in [0.2, 0.25) is 0 Å². The molecule has 6 nitrogen and oxygen atoms in total. The molecule has 1 N–H and O–H groups in total. The fourth-order valence-corrected chi connectivity index (χ4v) is 4.71. The standard InChI is InChI=1S/C21H29BrN4O2/c1-5-7-19(25-11-13(3)26(21(27)28)14(4)12-25)20-16(6-2)23-18-10-15(22)8-9-17(18)24-20/h8-10,13-14,19H,5-7,11-12H2,1-4H3,(H,27,28). The van der Waals surface area contributed by atoms with Crippen LogP contribution >= 0.6 is 15.9 Å². The van der Waals surface area contributed by atoms with E-state index >= 15 is 0 Å². The number of benzene rings is 1. The van der Waals surface area contributed by atoms with Crippen LogP contribution in [0.25, 0.3) is 11.0 Å². The average molecular weight is 449 g/mol. The lowest BCUT2D eigenvalue weighted by Crippen LogP contribution is -2.58. The van der Waals surface area contributed by atoms with E-state index in [1.54, 1.807) is 4.90 Å². The van der Waals surface area contributed by atoms with Gasteiger partial charge < -0.3 is 10.0 Å². The SMILES string of the molecule is CCCC(c1nc2ccc(Br)cc2nc1CC)N1CC(C)N(C(=O)O)C(C)C1. The van der Waals surface area contributed by atoms with Gasteiger partial charge in [-0.3, -0.25) is 4.90 Å². The molecule has 1 aliphatic heterocycles. The Morgan fingerprint density at radius 2 is 1.89 bits per heavy atom. The van der Waals surface area contributed by atoms with Crippen LogP contribution in [0.5, 0.6) is 0 Å². The molecule has 0 spiro atoms. The molecule has 28 heavy (non-hydrogen) atoms. The maximum atomic E-state index is 11.6. The van der Waals surface area contributed by atoms with E-state index in [9.17, 15) is 9.90 Å². The summed E-state index contributed by atoms with van der Waals surface area (Å²) in [6.45, 7) is 9.71. The third-order valence-corrected chi connectivity index (χ3v) is 6.04. The first-order chi connectivity index (χ1) is 13.3. The fraction of sp³-hybridized carbons (Fsp3) is 0.571. The highest BCUT2D eigenvalue weighted by Gasteiger charge is 2.36. The van der Waals surface area contributed by atoms with Crippen molar-refractivity contribution in [1.29, 1.82) is 0 Å². The summed E-state index contributed by atoms with van der Waals surface area (Å²) in [6.07, 6.45) is 2.01. The van der Waals surface area contributed by atoms with Crippen molar-refractivity contribution in [2.75, 3.05) is 13.1 Å². The van der Waals surface area contributed by atoms with Gasteiger partial charge in [0.15, 0.2) is 0 Å². The minimum atomic E-state index is -0.836. The maximum Gasteiger partial charge on any atom is 0.407 e. The number of halogens is 1. The van der Waals surface area contributed by atoms with Crippen LogP contribution < -0.4 is 0 Å². The number of amides is 1. The third-order valence-electron chi connectivity index (χ3n) is 5.55. The summed E-state index contributed by atoms with van der Waals surface area (Å²) < 4.78 is 1.00. The number of hydrogen-bond donors (Lipinski definition) is 1. The second kappa shape index (κ2) is 8.74. The van der Waals surface area contributed by atoms with Crippen molar-refractivity contribution in [1.82, 2.24) is 19.8 Å². The van der Waals surface area contributed by atoms with Gasteiger partial charge in [-0.15, -0.1) is 0 Å². The topological polar surface area (TPSA) is 69.6 Å². The van der Waals surface area contributed by atoms with Crippen LogP contribution in [0.15, 0.2) is 22.7 Å². The number of aromatic nitrogens is 2. The second-order valence-electron chi connectivity index (χ2n) is 7.69. The predicted molar refractivity (Wildman–Crippen MR) is 115 cm³/mol. The molecule has 3 unspecified atom stereocenters. The monoisotopic (exact) mass is 448 g/mol. The molecule has 1 fully saturated rings. The molecule has 1 aromatic carbocycles. The molecule has 2 heterocycles. The van der Waals surface area contributed by atoms with Crippen LogP contribution in [-0.4, -0.2) is 56.1 Å². The first-order valence-corrected chi connectivity index (χ1v) is 10.9. The van der Waals surface area contributed by atoms with E-state index in [0.29, 0.717) is 13.1 Å². The van der Waals surface area contributed by atoms with Gasteiger partial charge in [0.25, 0.3) is 0 Å². The average Bonchev–Trinajstić information content (AvgIpc) is 2.64. The Morgan fingerprint density at radius 1 is 1.21 bits per heavy atom. The Kier molecular flexibility index (Phi) is 6.55. The van der Waals surface area contributed by atoms with Crippen molar-refractivity contribution in [3.63, 3.8) is 0 Å². The first-order valence-electron chi connectivity index (χ1n) is 10.1. The van der Waals surface area contributed by atoms with Crippen molar-refractivity contribution in [2.24, 2.45) is 0 Å². The Balaban J connectivity index is 2.00. The summed E-state index contributed by atoms with van der Waals surface area (Å²) in [4.78, 5) is 25.5. The summed E-state index contributed by atoms with van der Waals surface area (Å²) in [5.74, 6) is 0. The zero-order chi connectivity index (χ0) is 20.4. The molecule has 1 aromatic heterocycles. The van der Waals surface area contributed by atoms with Crippen molar-refractivity contribution in [3.05, 3.63) is 34.1 Å². The largest absolute Gasteiger partial charge is 0.465 e. The number of rotatable bonds is 5. The predicted octanol–water partition coefficient (Wildman–Crippen LogP) is 4.87. The van der Waals surface area contributed by atoms with Gasteiger partial charge in [0.05, 0.1) is 28.5 Å². The van der Waals surface area contributed by atoms with Gasteiger partial charge in [-0.05, 0) is 44.9 Å². The quantitative estimate of drug-likeness (QED) is 0.706. The lowest BCUT2D eigenvalue weighted by atomic mass is 9.98. The van der Waals surface area contributed by atoms with Crippen LogP contribution in [0.3, 0.4) is 0 Å². The molecule has 0 saturated carbocycles. The highest BCUT2D eigenvalue weighted by molar-refractivity contribution is 9.10. The Morgan fingerprint density at radius 3 is 2.46 bits per heavy atom. The summed E-state index contributed by atoms with van der Waals surface area (Å²) >= 11 is 3.52. The van der Waals surface area contributed by atoms with Crippen molar-refractivity contribution in [2.45, 2.75) is 65.1 Å². The van der Waals surface area contributed by atoms with Crippen molar-refractivity contribution in [3.8, 4) is 0 Å². The lowest BCUT2D eigenvalue weighted by Gasteiger charge is -2.46. The van der Waals surface area contributed by atoms with Crippen LogP contribution in [0.4, 0.5) is 4.79 Å². The molecule has 3 atom stereocenters. The van der Waals surface area contributed by atoms with Gasteiger partial charge in [0.1, 0.15) is 0 Å². The normalized spacial score (nSPS) is 21.8. The number of aryl methyl sites for hydroxylation is 1. The van der Waals surface area contributed by atoms with Gasteiger partial charge in [-0.25, -0.2) is 14.8 Å². The van der Waals surface area contributed by atoms with Crippen LogP contribution in [0.1, 0.15) is 58.0 Å². The highest BCUT2D eigenvalue weighted by atomic mass is 79.9. The molecule has 3 rings (SSSR count). The number of carboxylic acid groups (broad SMARTS) is 1. The van der Waals surface area contributed by atoms with Crippen molar-refractivity contribution >= 4 is 33.1 Å². The maximum absolute atomic E-state index is 11.6. The number of nitrogens with zero attached hydrogens (tertiary/aromatic N) is 4.